The van der Waals surface area contributed by atoms with Gasteiger partial charge in [-0.05, 0) is 53.6 Å². The Morgan fingerprint density at radius 1 is 1.02 bits per heavy atom. The van der Waals surface area contributed by atoms with E-state index in [-0.39, 0.29) is 31.4 Å². The minimum absolute atomic E-state index is 0.0180. The molecule has 0 radical (unpaired) electrons. The second-order valence-electron chi connectivity index (χ2n) is 10.9. The predicted molar refractivity (Wildman–Crippen MR) is 170 cm³/mol. The highest BCUT2D eigenvalue weighted by Crippen LogP contribution is 2.20. The number of benzene rings is 2. The number of aliphatic hydroxyl groups is 1. The number of nitrogens with one attached hydrogen (secondary N) is 1. The first-order valence-corrected chi connectivity index (χ1v) is 16.9. The fraction of sp³-hybridized carbons (Fsp3) is 0.394. The number of rotatable bonds is 17. The number of aromatic nitrogens is 1. The standard InChI is InChI=1S/C33H39ClN2O8S/c1-3-25-11-14-28(34)19-26(25)13-16-31(38)30(20-37)35-33(40)27(12-15-29-6-4-5-17-36(29)41)22-45(42,43)21-24-9-7-23(8-10-24)18-32(39)44-2/h4-11,14,17,19,27,30,37H,3,12-13,15-16,18,20-22H2,1-2H3,(H,35,40)/t27-,30-/m0/s1. The Bertz CT molecular complexity index is 1580. The van der Waals surface area contributed by atoms with E-state index in [4.69, 9.17) is 11.6 Å². The molecule has 1 amide bonds. The minimum Gasteiger partial charge on any atom is -0.619 e. The lowest BCUT2D eigenvalue weighted by Crippen LogP contribution is -2.47. The van der Waals surface area contributed by atoms with Crippen LogP contribution in [0.5, 0.6) is 0 Å². The molecule has 0 aliphatic rings. The average Bonchev–Trinajstić information content (AvgIpc) is 3.02. The van der Waals surface area contributed by atoms with Crippen molar-refractivity contribution < 1.29 is 37.4 Å². The predicted octanol–water partition coefficient (Wildman–Crippen LogP) is 3.09. The summed E-state index contributed by atoms with van der Waals surface area (Å²) in [7, 11) is -2.57. The van der Waals surface area contributed by atoms with Gasteiger partial charge in [0.1, 0.15) is 6.04 Å². The molecule has 3 rings (SSSR count). The Balaban J connectivity index is 1.73. The van der Waals surface area contributed by atoms with Crippen LogP contribution < -0.4 is 10.0 Å². The van der Waals surface area contributed by atoms with Crippen molar-refractivity contribution in [3.63, 3.8) is 0 Å². The van der Waals surface area contributed by atoms with Crippen molar-refractivity contribution in [2.24, 2.45) is 5.92 Å². The monoisotopic (exact) mass is 658 g/mol. The van der Waals surface area contributed by atoms with Gasteiger partial charge in [0.25, 0.3) is 0 Å². The maximum absolute atomic E-state index is 13.5. The van der Waals surface area contributed by atoms with Gasteiger partial charge >= 0.3 is 5.97 Å². The molecule has 12 heteroatoms. The summed E-state index contributed by atoms with van der Waals surface area (Å²) >= 11 is 6.13. The summed E-state index contributed by atoms with van der Waals surface area (Å²) in [5.41, 5.74) is 3.43. The summed E-state index contributed by atoms with van der Waals surface area (Å²) in [4.78, 5) is 38.0. The number of aryl methyl sites for hydroxylation is 3. The molecule has 0 spiro atoms. The first-order chi connectivity index (χ1) is 21.4. The van der Waals surface area contributed by atoms with Gasteiger partial charge in [0.05, 0.1) is 37.6 Å². The molecule has 1 heterocycles. The zero-order chi connectivity index (χ0) is 33.0. The van der Waals surface area contributed by atoms with Crippen molar-refractivity contribution in [2.75, 3.05) is 19.5 Å². The second-order valence-corrected chi connectivity index (χ2v) is 13.4. The van der Waals surface area contributed by atoms with Crippen molar-refractivity contribution >= 4 is 39.1 Å². The topological polar surface area (TPSA) is 154 Å². The van der Waals surface area contributed by atoms with Crippen LogP contribution in [0.15, 0.2) is 66.9 Å². The molecule has 0 fully saturated rings. The van der Waals surface area contributed by atoms with E-state index in [1.165, 1.54) is 13.3 Å². The van der Waals surface area contributed by atoms with Crippen LogP contribution in [0.4, 0.5) is 0 Å². The van der Waals surface area contributed by atoms with E-state index in [9.17, 15) is 33.1 Å². The van der Waals surface area contributed by atoms with Gasteiger partial charge in [-0.25, -0.2) is 8.42 Å². The number of Topliss-reactive ketones (excluding diaryl/α,β-unsaturated/α-hetero) is 1. The van der Waals surface area contributed by atoms with Crippen LogP contribution in [-0.2, 0) is 60.4 Å². The van der Waals surface area contributed by atoms with E-state index in [0.717, 1.165) is 17.5 Å². The van der Waals surface area contributed by atoms with Crippen LogP contribution in [0.25, 0.3) is 0 Å². The van der Waals surface area contributed by atoms with Gasteiger partial charge in [-0.3, -0.25) is 14.4 Å². The van der Waals surface area contributed by atoms with Crippen molar-refractivity contribution in [3.05, 3.63) is 105 Å². The molecule has 0 unspecified atom stereocenters. The van der Waals surface area contributed by atoms with E-state index in [1.807, 2.05) is 13.0 Å². The van der Waals surface area contributed by atoms with Crippen LogP contribution in [0, 0.1) is 11.1 Å². The van der Waals surface area contributed by atoms with Crippen molar-refractivity contribution in [2.45, 2.75) is 57.2 Å². The Morgan fingerprint density at radius 3 is 2.38 bits per heavy atom. The molecular formula is C33H39ClN2O8S. The lowest BCUT2D eigenvalue weighted by molar-refractivity contribution is -0.614. The number of hydrogen-bond donors (Lipinski definition) is 2. The maximum atomic E-state index is 13.5. The molecule has 242 valence electrons. The van der Waals surface area contributed by atoms with Crippen molar-refractivity contribution in [1.82, 2.24) is 5.32 Å². The maximum Gasteiger partial charge on any atom is 0.309 e. The number of hydrogen-bond acceptors (Lipinski definition) is 8. The largest absolute Gasteiger partial charge is 0.619 e. The number of ether oxygens (including phenoxy) is 1. The van der Waals surface area contributed by atoms with Gasteiger partial charge in [0.15, 0.2) is 27.5 Å². The van der Waals surface area contributed by atoms with E-state index in [1.54, 1.807) is 54.6 Å². The zero-order valence-electron chi connectivity index (χ0n) is 25.4. The molecule has 0 saturated carbocycles. The third-order valence-electron chi connectivity index (χ3n) is 7.54. The Hall–Kier alpha value is -3.80. The number of halogens is 1. The smallest absolute Gasteiger partial charge is 0.309 e. The molecule has 0 aliphatic heterocycles. The van der Waals surface area contributed by atoms with Crippen molar-refractivity contribution in [1.29, 1.82) is 0 Å². The number of carbonyl (C=O) groups excluding carboxylic acids is 3. The van der Waals surface area contributed by atoms with E-state index in [0.29, 0.717) is 33.0 Å². The van der Waals surface area contributed by atoms with Crippen molar-refractivity contribution in [3.8, 4) is 0 Å². The summed E-state index contributed by atoms with van der Waals surface area (Å²) in [6, 6.07) is 15.5. The summed E-state index contributed by atoms with van der Waals surface area (Å²) in [6.07, 6.45) is 2.65. The van der Waals surface area contributed by atoms with E-state index in [2.05, 4.69) is 10.1 Å². The van der Waals surface area contributed by atoms with Gasteiger partial charge < -0.3 is 20.4 Å². The highest BCUT2D eigenvalue weighted by molar-refractivity contribution is 7.90. The van der Waals surface area contributed by atoms with Crippen LogP contribution in [0.2, 0.25) is 5.02 Å². The molecule has 2 N–H and O–H groups in total. The summed E-state index contributed by atoms with van der Waals surface area (Å²) in [6.45, 7) is 1.33. The van der Waals surface area contributed by atoms with Gasteiger partial charge in [0, 0.05) is 30.0 Å². The fourth-order valence-corrected chi connectivity index (χ4v) is 6.95. The van der Waals surface area contributed by atoms with E-state index >= 15 is 0 Å². The second kappa shape index (κ2) is 17.0. The highest BCUT2D eigenvalue weighted by Gasteiger charge is 2.30. The molecule has 0 aliphatic carbocycles. The van der Waals surface area contributed by atoms with Crippen LogP contribution >= 0.6 is 11.6 Å². The van der Waals surface area contributed by atoms with Gasteiger partial charge in [-0.2, -0.15) is 4.73 Å². The minimum atomic E-state index is -3.85. The first kappa shape index (κ1) is 35.7. The molecule has 3 aromatic rings. The number of pyridine rings is 1. The average molecular weight is 659 g/mol. The van der Waals surface area contributed by atoms with E-state index < -0.39 is 51.8 Å². The molecule has 10 nitrogen and oxygen atoms in total. The molecule has 2 aromatic carbocycles. The Labute approximate surface area is 268 Å². The summed E-state index contributed by atoms with van der Waals surface area (Å²) < 4.78 is 31.9. The SMILES string of the molecule is CCc1ccc(Cl)cc1CCC(=O)[C@H](CO)NC(=O)[C@@H](CCc1cccc[n+]1[O-])CS(=O)(=O)Cc1ccc(CC(=O)OC)cc1. The number of ketones is 1. The normalized spacial score (nSPS) is 12.7. The number of esters is 1. The lowest BCUT2D eigenvalue weighted by Gasteiger charge is -2.21. The number of amides is 1. The quantitative estimate of drug-likeness (QED) is 0.127. The molecule has 0 saturated heterocycles. The molecule has 2 atom stereocenters. The first-order valence-electron chi connectivity index (χ1n) is 14.7. The molecular weight excluding hydrogens is 620 g/mol. The molecule has 1 aromatic heterocycles. The summed E-state index contributed by atoms with van der Waals surface area (Å²) in [5, 5.41) is 25.3. The Morgan fingerprint density at radius 2 is 1.73 bits per heavy atom. The van der Waals surface area contributed by atoms with Crippen LogP contribution in [-0.4, -0.2) is 56.7 Å². The number of aliphatic hydroxyl groups excluding tert-OH is 1. The lowest BCUT2D eigenvalue weighted by atomic mass is 9.97. The number of nitrogens with zero attached hydrogens (tertiary/aromatic N) is 1. The summed E-state index contributed by atoms with van der Waals surface area (Å²) in [5.74, 6) is -3.52. The number of methoxy groups -OCH3 is 1. The van der Waals surface area contributed by atoms with Crippen LogP contribution in [0.1, 0.15) is 47.7 Å². The number of sulfone groups is 1. The Kier molecular flexibility index (Phi) is 13.5. The highest BCUT2D eigenvalue weighted by atomic mass is 35.5. The fourth-order valence-electron chi connectivity index (χ4n) is 5.00. The van der Waals surface area contributed by atoms with Crippen LogP contribution in [0.3, 0.4) is 0 Å². The zero-order valence-corrected chi connectivity index (χ0v) is 27.0. The molecule has 0 bridgehead atoms. The third kappa shape index (κ3) is 11.3. The van der Waals surface area contributed by atoms with Gasteiger partial charge in [-0.15, -0.1) is 0 Å². The van der Waals surface area contributed by atoms with Gasteiger partial charge in [-0.1, -0.05) is 54.9 Å². The molecule has 45 heavy (non-hydrogen) atoms. The number of carbonyl (C=O) groups is 3. The third-order valence-corrected chi connectivity index (χ3v) is 9.46. The van der Waals surface area contributed by atoms with Gasteiger partial charge in [0.2, 0.25) is 5.91 Å².